The van der Waals surface area contributed by atoms with E-state index in [1.165, 1.54) is 25.7 Å². The minimum absolute atomic E-state index is 0.291. The van der Waals surface area contributed by atoms with Crippen molar-refractivity contribution < 1.29 is 9.53 Å². The Labute approximate surface area is 97.9 Å². The molecular formula is C13H23NO2. The predicted molar refractivity (Wildman–Crippen MR) is 63.4 cm³/mol. The van der Waals surface area contributed by atoms with Crippen LogP contribution in [0, 0.1) is 5.92 Å². The Hall–Kier alpha value is -0.410. The third-order valence-corrected chi connectivity index (χ3v) is 3.70. The van der Waals surface area contributed by atoms with Crippen LogP contribution in [0.3, 0.4) is 0 Å². The first-order valence-corrected chi connectivity index (χ1v) is 6.63. The lowest BCUT2D eigenvalue weighted by Gasteiger charge is -2.28. The van der Waals surface area contributed by atoms with E-state index in [-0.39, 0.29) is 0 Å². The van der Waals surface area contributed by atoms with Gasteiger partial charge in [0.1, 0.15) is 6.61 Å². The lowest BCUT2D eigenvalue weighted by molar-refractivity contribution is -0.124. The molecule has 0 aromatic rings. The van der Waals surface area contributed by atoms with Gasteiger partial charge in [-0.2, -0.15) is 0 Å². The van der Waals surface area contributed by atoms with Gasteiger partial charge in [-0.1, -0.05) is 6.92 Å². The maximum atomic E-state index is 11.7. The van der Waals surface area contributed by atoms with Crippen molar-refractivity contribution in [3.05, 3.63) is 0 Å². The summed E-state index contributed by atoms with van der Waals surface area (Å²) >= 11 is 0. The van der Waals surface area contributed by atoms with Gasteiger partial charge in [0.15, 0.2) is 5.78 Å². The second-order valence-electron chi connectivity index (χ2n) is 5.27. The summed E-state index contributed by atoms with van der Waals surface area (Å²) < 4.78 is 5.29. The molecule has 0 aromatic heterocycles. The second-order valence-corrected chi connectivity index (χ2v) is 5.27. The molecule has 2 atom stereocenters. The average molecular weight is 225 g/mol. The van der Waals surface area contributed by atoms with Crippen molar-refractivity contribution in [2.45, 2.75) is 57.5 Å². The molecule has 3 nitrogen and oxygen atoms in total. The van der Waals surface area contributed by atoms with Crippen molar-refractivity contribution in [1.82, 2.24) is 5.32 Å². The van der Waals surface area contributed by atoms with Gasteiger partial charge >= 0.3 is 0 Å². The number of Topliss-reactive ketones (excluding diaryl/α,β-unsaturated/α-hetero) is 1. The highest BCUT2D eigenvalue weighted by Crippen LogP contribution is 2.32. The zero-order chi connectivity index (χ0) is 11.4. The SMILES string of the molecule is CCCOCC(=O)CC1CC2CCC(C1)N2. The summed E-state index contributed by atoms with van der Waals surface area (Å²) in [6, 6.07) is 1.38. The van der Waals surface area contributed by atoms with E-state index in [1.807, 2.05) is 0 Å². The van der Waals surface area contributed by atoms with Crippen LogP contribution in [0.1, 0.15) is 45.4 Å². The molecule has 1 N–H and O–H groups in total. The Balaban J connectivity index is 1.67. The topological polar surface area (TPSA) is 38.3 Å². The highest BCUT2D eigenvalue weighted by Gasteiger charge is 2.33. The van der Waals surface area contributed by atoms with Gasteiger partial charge in [-0.15, -0.1) is 0 Å². The molecule has 2 bridgehead atoms. The van der Waals surface area contributed by atoms with Gasteiger partial charge in [0.25, 0.3) is 0 Å². The van der Waals surface area contributed by atoms with Crippen LogP contribution in [-0.2, 0) is 9.53 Å². The van der Waals surface area contributed by atoms with E-state index in [1.54, 1.807) is 0 Å². The van der Waals surface area contributed by atoms with E-state index in [2.05, 4.69) is 12.2 Å². The average Bonchev–Trinajstić information content (AvgIpc) is 2.58. The third-order valence-electron chi connectivity index (χ3n) is 3.70. The minimum atomic E-state index is 0.291. The van der Waals surface area contributed by atoms with Crippen LogP contribution in [0.25, 0.3) is 0 Å². The monoisotopic (exact) mass is 225 g/mol. The molecule has 2 unspecified atom stereocenters. The van der Waals surface area contributed by atoms with Gasteiger partial charge < -0.3 is 10.1 Å². The number of fused-ring (bicyclic) bond motifs is 2. The number of carbonyl (C=O) groups excluding carboxylic acids is 1. The molecule has 0 spiro atoms. The summed E-state index contributed by atoms with van der Waals surface area (Å²) in [6.07, 6.45) is 6.72. The van der Waals surface area contributed by atoms with Crippen molar-refractivity contribution >= 4 is 5.78 Å². The first-order valence-electron chi connectivity index (χ1n) is 6.63. The fourth-order valence-corrected chi connectivity index (χ4v) is 3.05. The normalized spacial score (nSPS) is 32.9. The first-order chi connectivity index (χ1) is 7.78. The molecule has 2 rings (SSSR count). The summed E-state index contributed by atoms with van der Waals surface area (Å²) in [5.74, 6) is 0.899. The van der Waals surface area contributed by atoms with Crippen molar-refractivity contribution in [2.24, 2.45) is 5.92 Å². The van der Waals surface area contributed by atoms with E-state index in [4.69, 9.17) is 4.74 Å². The second kappa shape index (κ2) is 5.78. The van der Waals surface area contributed by atoms with E-state index < -0.39 is 0 Å². The maximum absolute atomic E-state index is 11.7. The molecule has 0 radical (unpaired) electrons. The number of hydrogen-bond donors (Lipinski definition) is 1. The number of hydrogen-bond acceptors (Lipinski definition) is 3. The molecule has 2 aliphatic heterocycles. The Morgan fingerprint density at radius 1 is 1.31 bits per heavy atom. The van der Waals surface area contributed by atoms with Crippen molar-refractivity contribution in [3.63, 3.8) is 0 Å². The van der Waals surface area contributed by atoms with E-state index in [9.17, 15) is 4.79 Å². The Kier molecular flexibility index (Phi) is 4.36. The van der Waals surface area contributed by atoms with E-state index in [0.29, 0.717) is 37.0 Å². The fourth-order valence-electron chi connectivity index (χ4n) is 3.05. The number of nitrogens with one attached hydrogen (secondary N) is 1. The Morgan fingerprint density at radius 3 is 2.62 bits per heavy atom. The van der Waals surface area contributed by atoms with Crippen molar-refractivity contribution in [2.75, 3.05) is 13.2 Å². The van der Waals surface area contributed by atoms with E-state index >= 15 is 0 Å². The van der Waals surface area contributed by atoms with Gasteiger partial charge in [-0.3, -0.25) is 4.79 Å². The molecule has 16 heavy (non-hydrogen) atoms. The molecular weight excluding hydrogens is 202 g/mol. The number of ether oxygens (including phenoxy) is 1. The molecule has 3 heteroatoms. The lowest BCUT2D eigenvalue weighted by Crippen LogP contribution is -2.38. The van der Waals surface area contributed by atoms with Crippen LogP contribution >= 0.6 is 0 Å². The summed E-state index contributed by atoms with van der Waals surface area (Å²) in [6.45, 7) is 3.10. The summed E-state index contributed by atoms with van der Waals surface area (Å²) in [7, 11) is 0. The van der Waals surface area contributed by atoms with Crippen LogP contribution < -0.4 is 5.32 Å². The molecule has 2 saturated heterocycles. The number of piperidine rings is 1. The van der Waals surface area contributed by atoms with Gasteiger partial charge in [-0.05, 0) is 38.0 Å². The van der Waals surface area contributed by atoms with Gasteiger partial charge in [0, 0.05) is 25.1 Å². The van der Waals surface area contributed by atoms with Crippen molar-refractivity contribution in [3.8, 4) is 0 Å². The molecule has 2 fully saturated rings. The Bertz CT molecular complexity index is 230. The molecule has 0 saturated carbocycles. The predicted octanol–water partition coefficient (Wildman–Crippen LogP) is 1.90. The summed E-state index contributed by atoms with van der Waals surface area (Å²) in [4.78, 5) is 11.7. The van der Waals surface area contributed by atoms with Gasteiger partial charge in [0.2, 0.25) is 0 Å². The fraction of sp³-hybridized carbons (Fsp3) is 0.923. The van der Waals surface area contributed by atoms with Crippen LogP contribution in [0.5, 0.6) is 0 Å². The largest absolute Gasteiger partial charge is 0.374 e. The van der Waals surface area contributed by atoms with Crippen LogP contribution in [-0.4, -0.2) is 31.1 Å². The highest BCUT2D eigenvalue weighted by molar-refractivity contribution is 5.79. The van der Waals surface area contributed by atoms with E-state index in [0.717, 1.165) is 12.8 Å². The highest BCUT2D eigenvalue weighted by atomic mass is 16.5. The number of carbonyl (C=O) groups is 1. The number of rotatable bonds is 6. The smallest absolute Gasteiger partial charge is 0.158 e. The number of ketones is 1. The standard InChI is InChI=1S/C13H23NO2/c1-2-5-16-9-13(15)8-10-6-11-3-4-12(7-10)14-11/h10-12,14H,2-9H2,1H3. The molecule has 0 aromatic carbocycles. The zero-order valence-electron chi connectivity index (χ0n) is 10.2. The van der Waals surface area contributed by atoms with Crippen LogP contribution in [0.4, 0.5) is 0 Å². The van der Waals surface area contributed by atoms with Gasteiger partial charge in [-0.25, -0.2) is 0 Å². The maximum Gasteiger partial charge on any atom is 0.158 e. The molecule has 0 amide bonds. The molecule has 0 aliphatic carbocycles. The van der Waals surface area contributed by atoms with Crippen LogP contribution in [0.15, 0.2) is 0 Å². The summed E-state index contributed by atoms with van der Waals surface area (Å²) in [5, 5.41) is 3.60. The summed E-state index contributed by atoms with van der Waals surface area (Å²) in [5.41, 5.74) is 0. The van der Waals surface area contributed by atoms with Gasteiger partial charge in [0.05, 0.1) is 0 Å². The lowest BCUT2D eigenvalue weighted by atomic mass is 9.88. The quantitative estimate of drug-likeness (QED) is 0.702. The first kappa shape index (κ1) is 12.1. The third kappa shape index (κ3) is 3.29. The van der Waals surface area contributed by atoms with Crippen molar-refractivity contribution in [1.29, 1.82) is 0 Å². The van der Waals surface area contributed by atoms with Crippen LogP contribution in [0.2, 0.25) is 0 Å². The molecule has 2 heterocycles. The molecule has 92 valence electrons. The Morgan fingerprint density at radius 2 is 2.00 bits per heavy atom. The molecule has 2 aliphatic rings. The minimum Gasteiger partial charge on any atom is -0.374 e. The zero-order valence-corrected chi connectivity index (χ0v) is 10.2.